The van der Waals surface area contributed by atoms with E-state index in [2.05, 4.69) is 26.2 Å². The fourth-order valence-corrected chi connectivity index (χ4v) is 7.50. The summed E-state index contributed by atoms with van der Waals surface area (Å²) in [5.74, 6) is 0.346. The molecule has 0 aromatic carbocycles. The molecule has 0 radical (unpaired) electrons. The number of ether oxygens (including phenoxy) is 1. The number of pyridine rings is 1. The lowest BCUT2D eigenvalue weighted by atomic mass is 9.81. The average Bonchev–Trinajstić information content (AvgIpc) is 2.62. The van der Waals surface area contributed by atoms with Gasteiger partial charge in [-0.25, -0.2) is 18.2 Å². The molecule has 1 fully saturated rings. The molecule has 1 amide bonds. The van der Waals surface area contributed by atoms with E-state index >= 15 is 0 Å². The van der Waals surface area contributed by atoms with Gasteiger partial charge in [0.25, 0.3) is 0 Å². The molecule has 1 aromatic rings. The number of aliphatic imine (C=N–C) groups is 1. The topological polar surface area (TPSA) is 118 Å². The maximum atomic E-state index is 13.6. The third kappa shape index (κ3) is 2.24. The first-order chi connectivity index (χ1) is 12.2. The van der Waals surface area contributed by atoms with Crippen LogP contribution in [0.5, 0.6) is 5.88 Å². The maximum Gasteiger partial charge on any atom is 0.410 e. The van der Waals surface area contributed by atoms with Crippen LogP contribution in [-0.4, -0.2) is 47.0 Å². The van der Waals surface area contributed by atoms with Crippen molar-refractivity contribution in [2.75, 3.05) is 6.61 Å². The maximum absolute atomic E-state index is 13.6. The number of aromatic nitrogens is 1. The highest BCUT2D eigenvalue weighted by Gasteiger charge is 2.64. The molecule has 0 saturated heterocycles. The normalized spacial score (nSPS) is 30.7. The number of sulfone groups is 1. The van der Waals surface area contributed by atoms with Crippen LogP contribution in [0, 0.1) is 0 Å². The summed E-state index contributed by atoms with van der Waals surface area (Å²) in [4.78, 5) is 20.3. The summed E-state index contributed by atoms with van der Waals surface area (Å²) < 4.78 is 32.3. The number of hydrogen-bond acceptors (Lipinski definition) is 6. The molecule has 26 heavy (non-hydrogen) atoms. The van der Waals surface area contributed by atoms with E-state index in [1.54, 1.807) is 19.2 Å². The molecule has 2 aliphatic heterocycles. The van der Waals surface area contributed by atoms with Gasteiger partial charge in [-0.2, -0.15) is 0 Å². The summed E-state index contributed by atoms with van der Waals surface area (Å²) in [5.41, 5.74) is -0.642. The third-order valence-corrected chi connectivity index (χ3v) is 9.26. The molecule has 1 aromatic heterocycles. The molecule has 1 saturated carbocycles. The Morgan fingerprint density at radius 1 is 1.46 bits per heavy atom. The highest BCUT2D eigenvalue weighted by Crippen LogP contribution is 2.53. The Labute approximate surface area is 159 Å². The van der Waals surface area contributed by atoms with Crippen LogP contribution in [0.2, 0.25) is 0 Å². The zero-order valence-corrected chi connectivity index (χ0v) is 16.4. The van der Waals surface area contributed by atoms with Gasteiger partial charge in [-0.15, -0.1) is 0 Å². The summed E-state index contributed by atoms with van der Waals surface area (Å²) in [6.07, 6.45) is 2.02. The van der Waals surface area contributed by atoms with Crippen molar-refractivity contribution in [1.82, 2.24) is 10.3 Å². The van der Waals surface area contributed by atoms with E-state index < -0.39 is 31.5 Å². The molecule has 1 spiro atoms. The van der Waals surface area contributed by atoms with Gasteiger partial charge in [0.1, 0.15) is 16.1 Å². The minimum Gasteiger partial charge on any atom is -0.477 e. The van der Waals surface area contributed by atoms with Crippen molar-refractivity contribution < 1.29 is 23.1 Å². The monoisotopic (exact) mass is 443 g/mol. The van der Waals surface area contributed by atoms with Gasteiger partial charge in [0.2, 0.25) is 5.88 Å². The molecule has 8 nitrogen and oxygen atoms in total. The highest BCUT2D eigenvalue weighted by atomic mass is 79.9. The molecule has 3 heterocycles. The molecular weight excluding hydrogens is 426 g/mol. The van der Waals surface area contributed by atoms with Crippen LogP contribution >= 0.6 is 15.9 Å². The lowest BCUT2D eigenvalue weighted by Crippen LogP contribution is -2.66. The minimum absolute atomic E-state index is 0.0165. The van der Waals surface area contributed by atoms with Crippen LogP contribution in [0.25, 0.3) is 0 Å². The van der Waals surface area contributed by atoms with Crippen molar-refractivity contribution in [2.24, 2.45) is 4.99 Å². The van der Waals surface area contributed by atoms with Crippen molar-refractivity contribution in [3.8, 4) is 5.88 Å². The van der Waals surface area contributed by atoms with E-state index in [9.17, 15) is 18.3 Å². The lowest BCUT2D eigenvalue weighted by Gasteiger charge is -2.50. The fourth-order valence-electron chi connectivity index (χ4n) is 4.21. The number of nitrogens with one attached hydrogen (secondary N) is 1. The zero-order valence-electron chi connectivity index (χ0n) is 14.0. The first-order valence-corrected chi connectivity index (χ1v) is 10.7. The number of carbonyl (C=O) groups is 1. The lowest BCUT2D eigenvalue weighted by molar-refractivity contribution is 0.199. The number of amides is 1. The van der Waals surface area contributed by atoms with Gasteiger partial charge in [0.15, 0.2) is 9.84 Å². The Hall–Kier alpha value is -1.68. The smallest absolute Gasteiger partial charge is 0.410 e. The highest BCUT2D eigenvalue weighted by molar-refractivity contribution is 9.10. The van der Waals surface area contributed by atoms with Gasteiger partial charge in [-0.05, 0) is 48.2 Å². The van der Waals surface area contributed by atoms with E-state index in [-0.39, 0.29) is 18.9 Å². The van der Waals surface area contributed by atoms with E-state index in [1.807, 2.05) is 0 Å². The molecule has 0 unspecified atom stereocenters. The summed E-state index contributed by atoms with van der Waals surface area (Å²) in [7, 11) is -3.70. The predicted octanol–water partition coefficient (Wildman–Crippen LogP) is 2.23. The second kappa shape index (κ2) is 5.66. The molecule has 0 bridgehead atoms. The van der Waals surface area contributed by atoms with Crippen LogP contribution in [0.3, 0.4) is 0 Å². The molecule has 2 atom stereocenters. The SMILES string of the molecule is C[C@]12N=C(NC(=O)O)C3(CCC3)S(=O)(=O)[C@@H]1CCOc1ncc(Br)cc12. The summed E-state index contributed by atoms with van der Waals surface area (Å²) >= 11 is 3.36. The Bertz CT molecular complexity index is 928. The van der Waals surface area contributed by atoms with Gasteiger partial charge in [0, 0.05) is 22.7 Å². The van der Waals surface area contributed by atoms with E-state index in [0.29, 0.717) is 28.8 Å². The van der Waals surface area contributed by atoms with Crippen LogP contribution in [0.1, 0.15) is 38.2 Å². The van der Waals surface area contributed by atoms with Crippen molar-refractivity contribution in [3.63, 3.8) is 0 Å². The van der Waals surface area contributed by atoms with Gasteiger partial charge in [-0.1, -0.05) is 0 Å². The standard InChI is InChI=1S/C16H18BrN3O5S/c1-15-10-7-9(17)8-18-12(10)25-6-3-11(15)26(23,24)16(4-2-5-16)13(20-15)19-14(21)22/h7-8,11H,2-6H2,1H3,(H,19,20)(H,21,22)/t11-,15-/m1/s1. The third-order valence-electron chi connectivity index (χ3n) is 5.69. The van der Waals surface area contributed by atoms with Gasteiger partial charge >= 0.3 is 6.09 Å². The Kier molecular flexibility index (Phi) is 3.85. The number of halogens is 1. The first kappa shape index (κ1) is 17.7. The van der Waals surface area contributed by atoms with Crippen molar-refractivity contribution >= 4 is 37.7 Å². The first-order valence-electron chi connectivity index (χ1n) is 8.33. The number of carboxylic acid groups (broad SMARTS) is 1. The van der Waals surface area contributed by atoms with Crippen LogP contribution in [0.4, 0.5) is 4.79 Å². The van der Waals surface area contributed by atoms with Gasteiger partial charge < -0.3 is 9.84 Å². The zero-order chi connectivity index (χ0) is 18.7. The van der Waals surface area contributed by atoms with Crippen molar-refractivity contribution in [2.45, 2.75) is 48.1 Å². The number of amidine groups is 1. The summed E-state index contributed by atoms with van der Waals surface area (Å²) in [5, 5.41) is 10.7. The number of nitrogens with zero attached hydrogens (tertiary/aromatic N) is 2. The molecule has 140 valence electrons. The number of hydrogen-bond donors (Lipinski definition) is 2. The fraction of sp³-hybridized carbons (Fsp3) is 0.562. The molecule has 2 N–H and O–H groups in total. The van der Waals surface area contributed by atoms with Gasteiger partial charge in [0.05, 0.1) is 11.9 Å². The Balaban J connectivity index is 2.00. The molecular formula is C16H18BrN3O5S. The predicted molar refractivity (Wildman–Crippen MR) is 97.3 cm³/mol. The second-order valence-corrected chi connectivity index (χ2v) is 10.4. The van der Waals surface area contributed by atoms with Crippen molar-refractivity contribution in [3.05, 3.63) is 22.3 Å². The number of fused-ring (bicyclic) bond motifs is 3. The van der Waals surface area contributed by atoms with E-state index in [4.69, 9.17) is 9.73 Å². The van der Waals surface area contributed by atoms with Crippen LogP contribution in [-0.2, 0) is 15.4 Å². The van der Waals surface area contributed by atoms with Crippen molar-refractivity contribution in [1.29, 1.82) is 0 Å². The second-order valence-electron chi connectivity index (χ2n) is 7.06. The largest absolute Gasteiger partial charge is 0.477 e. The Morgan fingerprint density at radius 2 is 2.19 bits per heavy atom. The minimum atomic E-state index is -3.70. The molecule has 3 aliphatic rings. The number of rotatable bonds is 0. The van der Waals surface area contributed by atoms with Gasteiger partial charge in [-0.3, -0.25) is 10.3 Å². The van der Waals surface area contributed by atoms with Crippen LogP contribution < -0.4 is 10.1 Å². The molecule has 4 rings (SSSR count). The van der Waals surface area contributed by atoms with E-state index in [1.165, 1.54) is 0 Å². The Morgan fingerprint density at radius 3 is 2.81 bits per heavy atom. The quantitative estimate of drug-likeness (QED) is 0.634. The average molecular weight is 444 g/mol. The summed E-state index contributed by atoms with van der Waals surface area (Å²) in [6, 6.07) is 1.75. The molecule has 1 aliphatic carbocycles. The van der Waals surface area contributed by atoms with E-state index in [0.717, 1.165) is 6.42 Å². The van der Waals surface area contributed by atoms with Crippen LogP contribution in [0.15, 0.2) is 21.7 Å². The summed E-state index contributed by atoms with van der Waals surface area (Å²) in [6.45, 7) is 1.93. The molecule has 10 heteroatoms.